The molecule has 1 atom stereocenters. The first-order valence-corrected chi connectivity index (χ1v) is 15.4. The van der Waals surface area contributed by atoms with Crippen LogP contribution in [0.2, 0.25) is 0 Å². The molecule has 0 fully saturated rings. The average Bonchev–Trinajstić information content (AvgIpc) is 3.35. The summed E-state index contributed by atoms with van der Waals surface area (Å²) in [6.07, 6.45) is -4.31. The molecule has 0 aliphatic heterocycles. The van der Waals surface area contributed by atoms with Crippen molar-refractivity contribution in [1.29, 1.82) is 0 Å². The van der Waals surface area contributed by atoms with E-state index in [-0.39, 0.29) is 47.5 Å². The molecule has 3 aromatic rings. The number of alkyl halides is 3. The molecule has 2 heterocycles. The molecular weight excluding hydrogens is 668 g/mol. The minimum Gasteiger partial charge on any atom is -0.443 e. The highest BCUT2D eigenvalue weighted by Gasteiger charge is 2.30. The molecule has 0 aliphatic carbocycles. The Morgan fingerprint density at radius 3 is 2.32 bits per heavy atom. The van der Waals surface area contributed by atoms with Gasteiger partial charge in [0.15, 0.2) is 11.9 Å². The van der Waals surface area contributed by atoms with Crippen LogP contribution in [0.1, 0.15) is 51.3 Å². The van der Waals surface area contributed by atoms with Crippen LogP contribution >= 0.6 is 0 Å². The van der Waals surface area contributed by atoms with Crippen LogP contribution in [0.5, 0.6) is 0 Å². The second kappa shape index (κ2) is 16.0. The van der Waals surface area contributed by atoms with Crippen LogP contribution in [0.15, 0.2) is 47.5 Å². The second-order valence-electron chi connectivity index (χ2n) is 12.7. The van der Waals surface area contributed by atoms with Crippen molar-refractivity contribution < 1.29 is 46.2 Å². The number of benzene rings is 1. The minimum absolute atomic E-state index is 0.0117. The number of aryl methyl sites for hydroxylation is 1. The second-order valence-corrected chi connectivity index (χ2v) is 12.7. The monoisotopic (exact) mass is 708 g/mol. The number of allylic oxidation sites excluding steroid dienone is 1. The highest BCUT2D eigenvalue weighted by Crippen LogP contribution is 2.30. The number of carbonyl (C=O) groups is 4. The van der Waals surface area contributed by atoms with Gasteiger partial charge < -0.3 is 29.2 Å². The standard InChI is InChI=1S/C33H40F4N6O7/c1-32(2,3)50-31(48)43-23(18-21-17-22(34)16-20(26(21)43)12-13-33(35,36)37)19-42-15-14-38-27(29(42)46)39-28(45)24(49-30(47)41(6)7)10-8-9-11-25(44)40(4)5/h9,11,14-18,24H,8,10,12-13,19H2,1-7H3,(H,38,39,45)/b11-9+/t24-/m0/s1. The first kappa shape index (κ1) is 39.2. The molecule has 0 radical (unpaired) electrons. The first-order valence-electron chi connectivity index (χ1n) is 15.4. The number of anilines is 1. The summed E-state index contributed by atoms with van der Waals surface area (Å²) in [5.41, 5.74) is -1.91. The fourth-order valence-corrected chi connectivity index (χ4v) is 4.63. The van der Waals surface area contributed by atoms with Gasteiger partial charge in [0.05, 0.1) is 17.8 Å². The van der Waals surface area contributed by atoms with Crippen molar-refractivity contribution in [3.8, 4) is 0 Å². The molecule has 3 rings (SSSR count). The molecule has 0 aliphatic rings. The van der Waals surface area contributed by atoms with Gasteiger partial charge in [0, 0.05) is 52.4 Å². The molecule has 17 heteroatoms. The Bertz CT molecular complexity index is 1820. The molecule has 0 spiro atoms. The maximum absolute atomic E-state index is 14.6. The van der Waals surface area contributed by atoms with E-state index in [1.165, 1.54) is 49.6 Å². The van der Waals surface area contributed by atoms with E-state index in [1.54, 1.807) is 34.9 Å². The van der Waals surface area contributed by atoms with Crippen LogP contribution in [-0.4, -0.2) is 94.0 Å². The van der Waals surface area contributed by atoms with Crippen LogP contribution in [0.25, 0.3) is 10.9 Å². The van der Waals surface area contributed by atoms with Crippen LogP contribution in [0, 0.1) is 5.82 Å². The molecule has 1 N–H and O–H groups in total. The Labute approximate surface area is 285 Å². The molecule has 0 bridgehead atoms. The first-order chi connectivity index (χ1) is 23.2. The predicted molar refractivity (Wildman–Crippen MR) is 175 cm³/mol. The highest BCUT2D eigenvalue weighted by molar-refractivity contribution is 5.95. The van der Waals surface area contributed by atoms with Gasteiger partial charge in [-0.15, -0.1) is 0 Å². The number of hydrogen-bond acceptors (Lipinski definition) is 8. The molecule has 0 saturated heterocycles. The molecule has 13 nitrogen and oxygen atoms in total. The number of rotatable bonds is 11. The summed E-state index contributed by atoms with van der Waals surface area (Å²) in [6.45, 7) is 4.39. The lowest BCUT2D eigenvalue weighted by Crippen LogP contribution is -2.38. The van der Waals surface area contributed by atoms with E-state index in [4.69, 9.17) is 9.47 Å². The lowest BCUT2D eigenvalue weighted by Gasteiger charge is -2.22. The van der Waals surface area contributed by atoms with Crippen LogP contribution < -0.4 is 10.9 Å². The number of halogens is 4. The maximum Gasteiger partial charge on any atom is 0.419 e. The topological polar surface area (TPSA) is 145 Å². The van der Waals surface area contributed by atoms with Crippen molar-refractivity contribution in [2.45, 2.75) is 70.9 Å². The van der Waals surface area contributed by atoms with E-state index in [0.29, 0.717) is 0 Å². The van der Waals surface area contributed by atoms with Gasteiger partial charge in [0.2, 0.25) is 5.91 Å². The van der Waals surface area contributed by atoms with Gasteiger partial charge in [-0.1, -0.05) is 6.08 Å². The molecule has 0 unspecified atom stereocenters. The maximum atomic E-state index is 14.6. The van der Waals surface area contributed by atoms with Gasteiger partial charge in [-0.3, -0.25) is 14.4 Å². The number of aromatic nitrogens is 3. The molecule has 272 valence electrons. The predicted octanol–water partition coefficient (Wildman–Crippen LogP) is 5.09. The third-order valence-corrected chi connectivity index (χ3v) is 6.95. The van der Waals surface area contributed by atoms with Crippen molar-refractivity contribution in [3.05, 3.63) is 70.2 Å². The molecule has 0 saturated carbocycles. The normalized spacial score (nSPS) is 12.5. The van der Waals surface area contributed by atoms with E-state index >= 15 is 0 Å². The van der Waals surface area contributed by atoms with E-state index in [9.17, 15) is 41.5 Å². The zero-order chi connectivity index (χ0) is 37.6. The van der Waals surface area contributed by atoms with Crippen LogP contribution in [0.4, 0.5) is 33.0 Å². The number of hydrogen-bond donors (Lipinski definition) is 1. The van der Waals surface area contributed by atoms with E-state index in [2.05, 4.69) is 10.3 Å². The summed E-state index contributed by atoms with van der Waals surface area (Å²) in [7, 11) is 5.95. The van der Waals surface area contributed by atoms with Gasteiger partial charge in [0.1, 0.15) is 11.4 Å². The fraction of sp³-hybridized carbons (Fsp3) is 0.455. The number of carbonyl (C=O) groups excluding carboxylic acids is 4. The van der Waals surface area contributed by atoms with Crippen molar-refractivity contribution in [2.75, 3.05) is 33.5 Å². The number of nitrogens with one attached hydrogen (secondary N) is 1. The Kier molecular flexibility index (Phi) is 12.5. The van der Waals surface area contributed by atoms with Crippen molar-refractivity contribution in [2.24, 2.45) is 0 Å². The zero-order valence-electron chi connectivity index (χ0n) is 28.8. The lowest BCUT2D eigenvalue weighted by atomic mass is 10.1. The van der Waals surface area contributed by atoms with Gasteiger partial charge in [-0.05, 0) is 69.9 Å². The van der Waals surface area contributed by atoms with Crippen molar-refractivity contribution in [1.82, 2.24) is 23.9 Å². The Balaban J connectivity index is 2.00. The number of amides is 3. The summed E-state index contributed by atoms with van der Waals surface area (Å²) >= 11 is 0. The molecule has 3 amide bonds. The molecular formula is C33H40F4N6O7. The zero-order valence-corrected chi connectivity index (χ0v) is 28.8. The Morgan fingerprint density at radius 2 is 1.72 bits per heavy atom. The highest BCUT2D eigenvalue weighted by atomic mass is 19.4. The largest absolute Gasteiger partial charge is 0.443 e. The molecule has 2 aromatic heterocycles. The molecule has 1 aromatic carbocycles. The fourth-order valence-electron chi connectivity index (χ4n) is 4.63. The average molecular weight is 709 g/mol. The van der Waals surface area contributed by atoms with Gasteiger partial charge in [-0.2, -0.15) is 13.2 Å². The van der Waals surface area contributed by atoms with E-state index in [0.717, 1.165) is 26.2 Å². The quantitative estimate of drug-likeness (QED) is 0.214. The van der Waals surface area contributed by atoms with E-state index < -0.39 is 66.0 Å². The summed E-state index contributed by atoms with van der Waals surface area (Å²) in [6, 6.07) is 3.33. The third kappa shape index (κ3) is 10.9. The van der Waals surface area contributed by atoms with Gasteiger partial charge in [-0.25, -0.2) is 23.5 Å². The summed E-state index contributed by atoms with van der Waals surface area (Å²) in [4.78, 5) is 70.8. The number of nitrogens with zero attached hydrogens (tertiary/aromatic N) is 5. The number of fused-ring (bicyclic) bond motifs is 1. The Hall–Kier alpha value is -5.22. The number of likely N-dealkylation sites (N-methyl/N-ethyl adjacent to an activating group) is 1. The summed E-state index contributed by atoms with van der Waals surface area (Å²) < 4.78 is 67.0. The van der Waals surface area contributed by atoms with Gasteiger partial charge >= 0.3 is 18.4 Å². The summed E-state index contributed by atoms with van der Waals surface area (Å²) in [5, 5.41) is 2.46. The smallest absolute Gasteiger partial charge is 0.419 e. The van der Waals surface area contributed by atoms with Gasteiger partial charge in [0.25, 0.3) is 11.5 Å². The Morgan fingerprint density at radius 1 is 1.04 bits per heavy atom. The van der Waals surface area contributed by atoms with Crippen molar-refractivity contribution in [3.63, 3.8) is 0 Å². The third-order valence-electron chi connectivity index (χ3n) is 6.95. The minimum atomic E-state index is -4.55. The van der Waals surface area contributed by atoms with E-state index in [1.807, 2.05) is 0 Å². The van der Waals surface area contributed by atoms with Crippen molar-refractivity contribution >= 4 is 40.7 Å². The molecule has 50 heavy (non-hydrogen) atoms. The SMILES string of the molecule is CN(C)C(=O)/C=C/CC[C@H](OC(=O)N(C)C)C(=O)Nc1nccn(Cc2cc3cc(F)cc(CCC(F)(F)F)c3n2C(=O)OC(C)(C)C)c1=O. The number of ether oxygens (including phenoxy) is 2. The summed E-state index contributed by atoms with van der Waals surface area (Å²) in [5.74, 6) is -2.46. The van der Waals surface area contributed by atoms with Crippen LogP contribution in [-0.2, 0) is 32.0 Å². The van der Waals surface area contributed by atoms with Crippen LogP contribution in [0.3, 0.4) is 0 Å². The lowest BCUT2D eigenvalue weighted by molar-refractivity contribution is -0.134.